The second-order valence-electron chi connectivity index (χ2n) is 6.19. The predicted molar refractivity (Wildman–Crippen MR) is 81.1 cm³/mol. The first kappa shape index (κ1) is 13.6. The SMILES string of the molecule is CC1(C)C(=O)N(CCN2CCNCC2)c2ccccc21. The maximum Gasteiger partial charge on any atom is 0.237 e. The number of anilines is 1. The van der Waals surface area contributed by atoms with Crippen LogP contribution in [0.2, 0.25) is 0 Å². The summed E-state index contributed by atoms with van der Waals surface area (Å²) in [4.78, 5) is 17.0. The van der Waals surface area contributed by atoms with Gasteiger partial charge in [-0.1, -0.05) is 18.2 Å². The Bertz CT molecular complexity index is 506. The molecule has 0 saturated carbocycles. The fourth-order valence-corrected chi connectivity index (χ4v) is 3.20. The Morgan fingerprint density at radius 1 is 1.15 bits per heavy atom. The van der Waals surface area contributed by atoms with Crippen LogP contribution in [0.5, 0.6) is 0 Å². The quantitative estimate of drug-likeness (QED) is 0.899. The Balaban J connectivity index is 1.75. The van der Waals surface area contributed by atoms with Crippen LogP contribution in [0.25, 0.3) is 0 Å². The van der Waals surface area contributed by atoms with E-state index in [2.05, 4.69) is 22.3 Å². The first-order valence-electron chi connectivity index (χ1n) is 7.45. The van der Waals surface area contributed by atoms with E-state index in [0.29, 0.717) is 0 Å². The number of nitrogens with zero attached hydrogens (tertiary/aromatic N) is 2. The lowest BCUT2D eigenvalue weighted by Gasteiger charge is -2.29. The maximum absolute atomic E-state index is 12.7. The highest BCUT2D eigenvalue weighted by Crippen LogP contribution is 2.40. The van der Waals surface area contributed by atoms with Crippen molar-refractivity contribution in [3.05, 3.63) is 29.8 Å². The zero-order chi connectivity index (χ0) is 14.2. The smallest absolute Gasteiger partial charge is 0.237 e. The molecule has 1 fully saturated rings. The summed E-state index contributed by atoms with van der Waals surface area (Å²) < 4.78 is 0. The van der Waals surface area contributed by atoms with Gasteiger partial charge in [0.2, 0.25) is 5.91 Å². The van der Waals surface area contributed by atoms with E-state index in [1.165, 1.54) is 0 Å². The number of para-hydroxylation sites is 1. The summed E-state index contributed by atoms with van der Waals surface area (Å²) in [5, 5.41) is 3.36. The summed E-state index contributed by atoms with van der Waals surface area (Å²) in [6.07, 6.45) is 0. The van der Waals surface area contributed by atoms with E-state index < -0.39 is 0 Å². The molecule has 1 saturated heterocycles. The Morgan fingerprint density at radius 2 is 1.85 bits per heavy atom. The first-order chi connectivity index (χ1) is 9.60. The fraction of sp³-hybridized carbons (Fsp3) is 0.562. The minimum atomic E-state index is -0.389. The lowest BCUT2D eigenvalue weighted by molar-refractivity contribution is -0.122. The van der Waals surface area contributed by atoms with E-state index in [1.807, 2.05) is 30.9 Å². The van der Waals surface area contributed by atoms with Crippen LogP contribution in [0.4, 0.5) is 5.69 Å². The molecular formula is C16H23N3O. The number of amides is 1. The van der Waals surface area contributed by atoms with Crippen LogP contribution in [-0.2, 0) is 10.2 Å². The van der Waals surface area contributed by atoms with Crippen molar-refractivity contribution in [2.24, 2.45) is 0 Å². The second kappa shape index (κ2) is 5.19. The Morgan fingerprint density at radius 3 is 2.60 bits per heavy atom. The predicted octanol–water partition coefficient (Wildman–Crippen LogP) is 1.22. The van der Waals surface area contributed by atoms with Crippen LogP contribution in [0.15, 0.2) is 24.3 Å². The molecule has 1 aromatic carbocycles. The molecule has 0 spiro atoms. The topological polar surface area (TPSA) is 35.6 Å². The third kappa shape index (κ3) is 2.23. The van der Waals surface area contributed by atoms with E-state index in [9.17, 15) is 4.79 Å². The molecule has 2 aliphatic heterocycles. The minimum absolute atomic E-state index is 0.230. The van der Waals surface area contributed by atoms with Gasteiger partial charge in [0.25, 0.3) is 0 Å². The van der Waals surface area contributed by atoms with Crippen molar-refractivity contribution in [3.63, 3.8) is 0 Å². The van der Waals surface area contributed by atoms with Crippen molar-refractivity contribution in [2.75, 3.05) is 44.2 Å². The number of piperazine rings is 1. The lowest BCUT2D eigenvalue weighted by Crippen LogP contribution is -2.47. The van der Waals surface area contributed by atoms with Gasteiger partial charge in [-0.25, -0.2) is 0 Å². The third-order valence-electron chi connectivity index (χ3n) is 4.50. The average Bonchev–Trinajstić information content (AvgIpc) is 2.67. The highest BCUT2D eigenvalue weighted by molar-refractivity contribution is 6.07. The monoisotopic (exact) mass is 273 g/mol. The van der Waals surface area contributed by atoms with Crippen LogP contribution < -0.4 is 10.2 Å². The maximum atomic E-state index is 12.7. The molecule has 0 aliphatic carbocycles. The van der Waals surface area contributed by atoms with Gasteiger partial charge in [-0.05, 0) is 25.5 Å². The van der Waals surface area contributed by atoms with Gasteiger partial charge in [0.05, 0.1) is 5.41 Å². The van der Waals surface area contributed by atoms with Gasteiger partial charge in [-0.2, -0.15) is 0 Å². The van der Waals surface area contributed by atoms with Crippen molar-refractivity contribution in [3.8, 4) is 0 Å². The van der Waals surface area contributed by atoms with Gasteiger partial charge in [0.1, 0.15) is 0 Å². The van der Waals surface area contributed by atoms with Crippen molar-refractivity contribution in [1.29, 1.82) is 0 Å². The number of carbonyl (C=O) groups is 1. The third-order valence-corrected chi connectivity index (χ3v) is 4.50. The molecule has 108 valence electrons. The summed E-state index contributed by atoms with van der Waals surface area (Å²) in [6, 6.07) is 8.19. The number of rotatable bonds is 3. The van der Waals surface area contributed by atoms with Crippen LogP contribution >= 0.6 is 0 Å². The minimum Gasteiger partial charge on any atom is -0.314 e. The molecule has 4 heteroatoms. The molecule has 1 amide bonds. The summed E-state index contributed by atoms with van der Waals surface area (Å²) in [7, 11) is 0. The Hall–Kier alpha value is -1.39. The largest absolute Gasteiger partial charge is 0.314 e. The standard InChI is InChI=1S/C16H23N3O/c1-16(2)13-5-3-4-6-14(13)19(15(16)20)12-11-18-9-7-17-8-10-18/h3-6,17H,7-12H2,1-2H3. The number of nitrogens with one attached hydrogen (secondary N) is 1. The van der Waals surface area contributed by atoms with Crippen molar-refractivity contribution in [2.45, 2.75) is 19.3 Å². The Kier molecular flexibility index (Phi) is 3.52. The van der Waals surface area contributed by atoms with Crippen molar-refractivity contribution >= 4 is 11.6 Å². The normalized spacial score (nSPS) is 22.1. The molecular weight excluding hydrogens is 250 g/mol. The summed E-state index contributed by atoms with van der Waals surface area (Å²) in [5.74, 6) is 0.230. The lowest BCUT2D eigenvalue weighted by atomic mass is 9.86. The molecule has 1 aromatic rings. The average molecular weight is 273 g/mol. The summed E-state index contributed by atoms with van der Waals surface area (Å²) >= 11 is 0. The van der Waals surface area contributed by atoms with Gasteiger partial charge in [0.15, 0.2) is 0 Å². The zero-order valence-corrected chi connectivity index (χ0v) is 12.4. The van der Waals surface area contributed by atoms with Gasteiger partial charge in [-0.15, -0.1) is 0 Å². The highest BCUT2D eigenvalue weighted by Gasteiger charge is 2.43. The van der Waals surface area contributed by atoms with E-state index in [4.69, 9.17) is 0 Å². The number of hydrogen-bond donors (Lipinski definition) is 1. The van der Waals surface area contributed by atoms with Crippen molar-refractivity contribution in [1.82, 2.24) is 10.2 Å². The Labute approximate surface area is 120 Å². The number of carbonyl (C=O) groups excluding carboxylic acids is 1. The van der Waals surface area contributed by atoms with E-state index >= 15 is 0 Å². The molecule has 3 rings (SSSR count). The number of benzene rings is 1. The van der Waals surface area contributed by atoms with Crippen LogP contribution in [0.1, 0.15) is 19.4 Å². The molecule has 2 aliphatic rings. The molecule has 0 atom stereocenters. The molecule has 1 N–H and O–H groups in total. The van der Waals surface area contributed by atoms with Gasteiger partial charge < -0.3 is 10.2 Å². The number of hydrogen-bond acceptors (Lipinski definition) is 3. The van der Waals surface area contributed by atoms with Gasteiger partial charge >= 0.3 is 0 Å². The van der Waals surface area contributed by atoms with Crippen LogP contribution in [0, 0.1) is 0 Å². The van der Waals surface area contributed by atoms with Crippen LogP contribution in [0.3, 0.4) is 0 Å². The van der Waals surface area contributed by atoms with Crippen LogP contribution in [-0.4, -0.2) is 50.1 Å². The molecule has 0 aromatic heterocycles. The second-order valence-corrected chi connectivity index (χ2v) is 6.19. The number of fused-ring (bicyclic) bond motifs is 1. The molecule has 4 nitrogen and oxygen atoms in total. The molecule has 0 unspecified atom stereocenters. The van der Waals surface area contributed by atoms with Gasteiger partial charge in [0, 0.05) is 45.0 Å². The summed E-state index contributed by atoms with van der Waals surface area (Å²) in [6.45, 7) is 10.1. The molecule has 0 radical (unpaired) electrons. The van der Waals surface area contributed by atoms with E-state index in [0.717, 1.165) is 50.5 Å². The van der Waals surface area contributed by atoms with E-state index in [1.54, 1.807) is 0 Å². The van der Waals surface area contributed by atoms with Crippen molar-refractivity contribution < 1.29 is 4.79 Å². The highest BCUT2D eigenvalue weighted by atomic mass is 16.2. The molecule has 0 bridgehead atoms. The van der Waals surface area contributed by atoms with Gasteiger partial charge in [-0.3, -0.25) is 9.69 Å². The fourth-order valence-electron chi connectivity index (χ4n) is 3.20. The van der Waals surface area contributed by atoms with E-state index in [-0.39, 0.29) is 11.3 Å². The molecule has 20 heavy (non-hydrogen) atoms. The molecule has 2 heterocycles. The zero-order valence-electron chi connectivity index (χ0n) is 12.4. The summed E-state index contributed by atoms with van der Waals surface area (Å²) in [5.41, 5.74) is 1.86. The first-order valence-corrected chi connectivity index (χ1v) is 7.45.